The molecule has 0 atom stereocenters. The van der Waals surface area contributed by atoms with Crippen molar-refractivity contribution in [2.75, 3.05) is 23.4 Å². The summed E-state index contributed by atoms with van der Waals surface area (Å²) in [5, 5.41) is 11.8. The van der Waals surface area contributed by atoms with Crippen LogP contribution in [0, 0.1) is 11.6 Å². The number of fused-ring (bicyclic) bond motifs is 1. The number of nitrogens with zero attached hydrogens (tertiary/aromatic N) is 1. The van der Waals surface area contributed by atoms with Crippen LogP contribution < -0.4 is 10.2 Å². The molecule has 2 rings (SSSR count). The Kier molecular flexibility index (Phi) is 2.98. The van der Waals surface area contributed by atoms with Gasteiger partial charge in [0.15, 0.2) is 11.6 Å². The molecular weight excluding hydrogens is 242 g/mol. The van der Waals surface area contributed by atoms with Crippen LogP contribution >= 0.6 is 0 Å². The molecule has 1 aromatic carbocycles. The molecule has 0 fully saturated rings. The largest absolute Gasteiger partial charge is 0.395 e. The van der Waals surface area contributed by atoms with Crippen LogP contribution in [0.3, 0.4) is 0 Å². The Morgan fingerprint density at radius 3 is 2.56 bits per heavy atom. The van der Waals surface area contributed by atoms with Gasteiger partial charge in [0.25, 0.3) is 5.91 Å². The third-order valence-electron chi connectivity index (χ3n) is 2.88. The number of benzene rings is 1. The summed E-state index contributed by atoms with van der Waals surface area (Å²) in [5.74, 6) is -2.29. The zero-order chi connectivity index (χ0) is 13.5. The number of aliphatic hydroxyl groups excluding tert-OH is 1. The molecule has 2 N–H and O–H groups in total. The predicted octanol–water partition coefficient (Wildman–Crippen LogP) is 1.49. The molecule has 0 saturated heterocycles. The van der Waals surface area contributed by atoms with Gasteiger partial charge in [0.2, 0.25) is 0 Å². The molecule has 1 amide bonds. The lowest BCUT2D eigenvalue weighted by Crippen LogP contribution is -2.54. The van der Waals surface area contributed by atoms with Crippen LogP contribution in [0.25, 0.3) is 0 Å². The first-order chi connectivity index (χ1) is 8.36. The molecule has 0 saturated carbocycles. The summed E-state index contributed by atoms with van der Waals surface area (Å²) in [6.45, 7) is 3.08. The van der Waals surface area contributed by atoms with Crippen molar-refractivity contribution in [2.45, 2.75) is 19.4 Å². The fourth-order valence-corrected chi connectivity index (χ4v) is 2.02. The molecular formula is C12H14F2N2O2. The summed E-state index contributed by atoms with van der Waals surface area (Å²) in [6, 6.07) is 1.98. The number of anilines is 2. The lowest BCUT2D eigenvalue weighted by molar-refractivity contribution is -0.122. The van der Waals surface area contributed by atoms with E-state index < -0.39 is 17.2 Å². The number of β-amino-alcohol motifs (C(OH)–C–C–N with tert-alkyl or cyclic N) is 1. The first-order valence-corrected chi connectivity index (χ1v) is 5.57. The van der Waals surface area contributed by atoms with Gasteiger partial charge in [0, 0.05) is 18.7 Å². The molecule has 0 aliphatic carbocycles. The van der Waals surface area contributed by atoms with Crippen molar-refractivity contribution in [3.05, 3.63) is 23.8 Å². The molecule has 1 aromatic rings. The first-order valence-electron chi connectivity index (χ1n) is 5.57. The monoisotopic (exact) mass is 256 g/mol. The normalized spacial score (nSPS) is 17.4. The molecule has 1 heterocycles. The van der Waals surface area contributed by atoms with Gasteiger partial charge in [-0.05, 0) is 13.8 Å². The number of rotatable bonds is 2. The summed E-state index contributed by atoms with van der Waals surface area (Å²) in [5.41, 5.74) is -0.342. The van der Waals surface area contributed by atoms with Crippen LogP contribution in [0.5, 0.6) is 0 Å². The molecule has 0 spiro atoms. The SMILES string of the molecule is CC1(C)Nc2cc(F)c(F)cc2N(CCO)C1=O. The average Bonchev–Trinajstić information content (AvgIpc) is 2.28. The maximum Gasteiger partial charge on any atom is 0.252 e. The Hall–Kier alpha value is -1.69. The minimum Gasteiger partial charge on any atom is -0.395 e. The molecule has 18 heavy (non-hydrogen) atoms. The molecule has 1 aliphatic heterocycles. The van der Waals surface area contributed by atoms with Crippen molar-refractivity contribution >= 4 is 17.3 Å². The van der Waals surface area contributed by atoms with E-state index in [9.17, 15) is 13.6 Å². The number of halogens is 2. The minimum atomic E-state index is -1.02. The van der Waals surface area contributed by atoms with E-state index in [0.717, 1.165) is 12.1 Å². The predicted molar refractivity (Wildman–Crippen MR) is 63.5 cm³/mol. The fourth-order valence-electron chi connectivity index (χ4n) is 2.02. The average molecular weight is 256 g/mol. The Bertz CT molecular complexity index is 503. The van der Waals surface area contributed by atoms with Gasteiger partial charge in [-0.15, -0.1) is 0 Å². The van der Waals surface area contributed by atoms with E-state index in [2.05, 4.69) is 5.32 Å². The Morgan fingerprint density at radius 1 is 1.33 bits per heavy atom. The lowest BCUT2D eigenvalue weighted by atomic mass is 9.98. The zero-order valence-corrected chi connectivity index (χ0v) is 10.1. The van der Waals surface area contributed by atoms with Crippen molar-refractivity contribution in [1.82, 2.24) is 0 Å². The highest BCUT2D eigenvalue weighted by Gasteiger charge is 2.38. The van der Waals surface area contributed by atoms with Gasteiger partial charge in [0.1, 0.15) is 5.54 Å². The number of carbonyl (C=O) groups is 1. The number of hydrogen-bond acceptors (Lipinski definition) is 3. The lowest BCUT2D eigenvalue weighted by Gasteiger charge is -2.39. The third-order valence-corrected chi connectivity index (χ3v) is 2.88. The molecule has 0 bridgehead atoms. The van der Waals surface area contributed by atoms with Crippen LogP contribution in [-0.2, 0) is 4.79 Å². The van der Waals surface area contributed by atoms with Gasteiger partial charge < -0.3 is 15.3 Å². The molecule has 0 radical (unpaired) electrons. The van der Waals surface area contributed by atoms with E-state index in [4.69, 9.17) is 5.11 Å². The van der Waals surface area contributed by atoms with Crippen molar-refractivity contribution in [1.29, 1.82) is 0 Å². The van der Waals surface area contributed by atoms with E-state index in [1.54, 1.807) is 13.8 Å². The maximum atomic E-state index is 13.2. The van der Waals surface area contributed by atoms with E-state index in [0.29, 0.717) is 5.69 Å². The van der Waals surface area contributed by atoms with Crippen molar-refractivity contribution in [3.63, 3.8) is 0 Å². The minimum absolute atomic E-state index is 0.0437. The number of amides is 1. The summed E-state index contributed by atoms with van der Waals surface area (Å²) in [4.78, 5) is 13.4. The van der Waals surface area contributed by atoms with E-state index >= 15 is 0 Å². The van der Waals surface area contributed by atoms with Crippen LogP contribution in [0.1, 0.15) is 13.8 Å². The highest BCUT2D eigenvalue weighted by atomic mass is 19.2. The van der Waals surface area contributed by atoms with Gasteiger partial charge in [-0.2, -0.15) is 0 Å². The van der Waals surface area contributed by atoms with Crippen molar-refractivity contribution in [2.24, 2.45) is 0 Å². The van der Waals surface area contributed by atoms with Crippen molar-refractivity contribution in [3.8, 4) is 0 Å². The summed E-state index contributed by atoms with van der Waals surface area (Å²) in [6.07, 6.45) is 0. The highest BCUT2D eigenvalue weighted by molar-refractivity contribution is 6.07. The number of nitrogens with one attached hydrogen (secondary N) is 1. The van der Waals surface area contributed by atoms with Crippen LogP contribution in [0.2, 0.25) is 0 Å². The van der Waals surface area contributed by atoms with Crippen LogP contribution in [0.4, 0.5) is 20.2 Å². The van der Waals surface area contributed by atoms with Gasteiger partial charge in [-0.3, -0.25) is 4.79 Å². The van der Waals surface area contributed by atoms with Crippen LogP contribution in [-0.4, -0.2) is 29.7 Å². The summed E-state index contributed by atoms with van der Waals surface area (Å²) >= 11 is 0. The first kappa shape index (κ1) is 12.8. The van der Waals surface area contributed by atoms with Gasteiger partial charge in [0.05, 0.1) is 18.0 Å². The highest BCUT2D eigenvalue weighted by Crippen LogP contribution is 2.36. The summed E-state index contributed by atoms with van der Waals surface area (Å²) in [7, 11) is 0. The summed E-state index contributed by atoms with van der Waals surface area (Å²) < 4.78 is 26.4. The maximum absolute atomic E-state index is 13.2. The topological polar surface area (TPSA) is 52.6 Å². The molecule has 4 nitrogen and oxygen atoms in total. The Morgan fingerprint density at radius 2 is 1.94 bits per heavy atom. The van der Waals surface area contributed by atoms with E-state index in [-0.39, 0.29) is 24.7 Å². The number of hydrogen-bond donors (Lipinski definition) is 2. The number of carbonyl (C=O) groups excluding carboxylic acids is 1. The molecule has 0 unspecified atom stereocenters. The smallest absolute Gasteiger partial charge is 0.252 e. The zero-order valence-electron chi connectivity index (χ0n) is 10.1. The molecule has 0 aromatic heterocycles. The van der Waals surface area contributed by atoms with Gasteiger partial charge in [-0.25, -0.2) is 8.78 Å². The molecule has 98 valence electrons. The quantitative estimate of drug-likeness (QED) is 0.843. The van der Waals surface area contributed by atoms with Gasteiger partial charge in [-0.1, -0.05) is 0 Å². The van der Waals surface area contributed by atoms with Crippen LogP contribution in [0.15, 0.2) is 12.1 Å². The number of aliphatic hydroxyl groups is 1. The third kappa shape index (κ3) is 1.92. The van der Waals surface area contributed by atoms with E-state index in [1.807, 2.05) is 0 Å². The molecule has 6 heteroatoms. The van der Waals surface area contributed by atoms with Gasteiger partial charge >= 0.3 is 0 Å². The fraction of sp³-hybridized carbons (Fsp3) is 0.417. The Balaban J connectivity index is 2.56. The second kappa shape index (κ2) is 4.20. The second-order valence-corrected chi connectivity index (χ2v) is 4.71. The second-order valence-electron chi connectivity index (χ2n) is 4.71. The standard InChI is InChI=1S/C12H14F2N2O2/c1-12(2)11(18)16(3-4-17)10-6-8(14)7(13)5-9(10)15-12/h5-6,15,17H,3-4H2,1-2H3. The Labute approximate surface area is 103 Å². The molecule has 1 aliphatic rings. The van der Waals surface area contributed by atoms with Crippen molar-refractivity contribution < 1.29 is 18.7 Å². The van der Waals surface area contributed by atoms with E-state index in [1.165, 1.54) is 4.90 Å².